The van der Waals surface area contributed by atoms with E-state index in [0.717, 1.165) is 11.4 Å². The largest absolute Gasteiger partial charge is 0.312 e. The molecule has 100 valence electrons. The van der Waals surface area contributed by atoms with Crippen LogP contribution in [0.1, 0.15) is 20.8 Å². The number of pyridine rings is 1. The summed E-state index contributed by atoms with van der Waals surface area (Å²) in [5.74, 6) is 0.0539. The van der Waals surface area contributed by atoms with Gasteiger partial charge in [-0.1, -0.05) is 20.8 Å². The molecule has 0 unspecified atom stereocenters. The summed E-state index contributed by atoms with van der Waals surface area (Å²) < 4.78 is 1.70. The number of hydrogen-bond donors (Lipinski definition) is 0. The first-order valence-electron chi connectivity index (χ1n) is 6.13. The zero-order chi connectivity index (χ0) is 14.0. The zero-order valence-electron chi connectivity index (χ0n) is 11.7. The summed E-state index contributed by atoms with van der Waals surface area (Å²) in [5.41, 5.74) is 1.22. The molecule has 0 fully saturated rings. The third kappa shape index (κ3) is 2.81. The minimum Gasteiger partial charge on any atom is -0.312 e. The monoisotopic (exact) mass is 258 g/mol. The Balaban J connectivity index is 2.25. The molecular weight excluding hydrogens is 240 g/mol. The summed E-state index contributed by atoms with van der Waals surface area (Å²) in [5, 5.41) is 4.25. The maximum atomic E-state index is 12.2. The number of anilines is 1. The number of rotatable bonds is 2. The number of aromatic nitrogens is 3. The summed E-state index contributed by atoms with van der Waals surface area (Å²) in [7, 11) is 1.76. The molecular formula is C14H18N4O. The lowest BCUT2D eigenvalue weighted by atomic mass is 9.95. The minimum atomic E-state index is -0.412. The van der Waals surface area contributed by atoms with E-state index in [1.807, 2.05) is 39.1 Å². The molecule has 19 heavy (non-hydrogen) atoms. The summed E-state index contributed by atoms with van der Waals surface area (Å²) in [6.45, 7) is 5.70. The third-order valence-corrected chi connectivity index (χ3v) is 2.81. The van der Waals surface area contributed by atoms with Crippen LogP contribution < -0.4 is 4.90 Å². The van der Waals surface area contributed by atoms with Crippen molar-refractivity contribution in [3.05, 3.63) is 36.9 Å². The van der Waals surface area contributed by atoms with Crippen LogP contribution in [0.5, 0.6) is 0 Å². The zero-order valence-corrected chi connectivity index (χ0v) is 11.7. The van der Waals surface area contributed by atoms with Crippen LogP contribution in [0.25, 0.3) is 5.69 Å². The molecule has 0 aromatic carbocycles. The summed E-state index contributed by atoms with van der Waals surface area (Å²) in [6, 6.07) is 3.76. The van der Waals surface area contributed by atoms with Crippen molar-refractivity contribution in [3.63, 3.8) is 0 Å². The van der Waals surface area contributed by atoms with Crippen LogP contribution >= 0.6 is 0 Å². The van der Waals surface area contributed by atoms with E-state index in [2.05, 4.69) is 10.1 Å². The van der Waals surface area contributed by atoms with Crippen molar-refractivity contribution < 1.29 is 4.79 Å². The molecule has 2 aromatic rings. The average Bonchev–Trinajstić information content (AvgIpc) is 2.86. The average molecular weight is 258 g/mol. The van der Waals surface area contributed by atoms with Gasteiger partial charge in [-0.15, -0.1) is 0 Å². The Morgan fingerprint density at radius 3 is 2.63 bits per heavy atom. The van der Waals surface area contributed by atoms with E-state index in [4.69, 9.17) is 0 Å². The van der Waals surface area contributed by atoms with Crippen LogP contribution in [-0.2, 0) is 4.79 Å². The molecule has 0 saturated heterocycles. The van der Waals surface area contributed by atoms with Gasteiger partial charge in [0.25, 0.3) is 0 Å². The normalized spacial score (nSPS) is 11.4. The first kappa shape index (κ1) is 13.3. The van der Waals surface area contributed by atoms with Crippen molar-refractivity contribution in [2.75, 3.05) is 11.9 Å². The molecule has 0 atom stereocenters. The Morgan fingerprint density at radius 1 is 1.32 bits per heavy atom. The minimum absolute atomic E-state index is 0.0539. The Bertz CT molecular complexity index is 569. The van der Waals surface area contributed by atoms with Crippen LogP contribution in [0.3, 0.4) is 0 Å². The smallest absolute Gasteiger partial charge is 0.232 e. The van der Waals surface area contributed by atoms with E-state index in [-0.39, 0.29) is 5.91 Å². The van der Waals surface area contributed by atoms with E-state index in [0.29, 0.717) is 0 Å². The molecule has 0 bridgehead atoms. The van der Waals surface area contributed by atoms with Crippen LogP contribution in [0, 0.1) is 5.41 Å². The van der Waals surface area contributed by atoms with Crippen molar-refractivity contribution in [1.29, 1.82) is 0 Å². The van der Waals surface area contributed by atoms with Gasteiger partial charge in [0.15, 0.2) is 0 Å². The second-order valence-corrected chi connectivity index (χ2v) is 5.47. The maximum Gasteiger partial charge on any atom is 0.232 e. The molecule has 5 nitrogen and oxygen atoms in total. The quantitative estimate of drug-likeness (QED) is 0.830. The fourth-order valence-electron chi connectivity index (χ4n) is 1.74. The lowest BCUT2D eigenvalue weighted by Crippen LogP contribution is -2.36. The predicted octanol–water partition coefficient (Wildman–Crippen LogP) is 2.28. The van der Waals surface area contributed by atoms with Gasteiger partial charge in [-0.05, 0) is 12.1 Å². The maximum absolute atomic E-state index is 12.2. The van der Waals surface area contributed by atoms with Crippen molar-refractivity contribution in [3.8, 4) is 5.69 Å². The van der Waals surface area contributed by atoms with Crippen LogP contribution in [0.4, 0.5) is 5.69 Å². The van der Waals surface area contributed by atoms with Crippen molar-refractivity contribution in [2.24, 2.45) is 5.41 Å². The fraction of sp³-hybridized carbons (Fsp3) is 0.357. The Kier molecular flexibility index (Phi) is 3.38. The Hall–Kier alpha value is -2.17. The van der Waals surface area contributed by atoms with Gasteiger partial charge >= 0.3 is 0 Å². The van der Waals surface area contributed by atoms with E-state index >= 15 is 0 Å². The van der Waals surface area contributed by atoms with E-state index in [9.17, 15) is 4.79 Å². The Morgan fingerprint density at radius 2 is 2.05 bits per heavy atom. The number of amides is 1. The number of hydrogen-bond acceptors (Lipinski definition) is 3. The first-order valence-corrected chi connectivity index (χ1v) is 6.13. The van der Waals surface area contributed by atoms with Gasteiger partial charge in [-0.2, -0.15) is 5.10 Å². The predicted molar refractivity (Wildman–Crippen MR) is 74.2 cm³/mol. The van der Waals surface area contributed by atoms with Gasteiger partial charge in [-0.3, -0.25) is 9.78 Å². The van der Waals surface area contributed by atoms with Gasteiger partial charge in [0.2, 0.25) is 5.91 Å². The summed E-state index contributed by atoms with van der Waals surface area (Å²) >= 11 is 0. The van der Waals surface area contributed by atoms with Crippen molar-refractivity contribution in [1.82, 2.24) is 14.8 Å². The van der Waals surface area contributed by atoms with Gasteiger partial charge in [0, 0.05) is 18.7 Å². The first-order chi connectivity index (χ1) is 8.89. The molecule has 0 radical (unpaired) electrons. The van der Waals surface area contributed by atoms with Gasteiger partial charge in [-0.25, -0.2) is 4.68 Å². The molecule has 2 aromatic heterocycles. The topological polar surface area (TPSA) is 51.0 Å². The second kappa shape index (κ2) is 4.84. The lowest BCUT2D eigenvalue weighted by Gasteiger charge is -2.24. The van der Waals surface area contributed by atoms with E-state index in [1.165, 1.54) is 0 Å². The summed E-state index contributed by atoms with van der Waals surface area (Å²) in [6.07, 6.45) is 6.93. The highest BCUT2D eigenvalue weighted by Gasteiger charge is 2.26. The molecule has 0 aliphatic heterocycles. The standard InChI is InChI=1S/C14H18N4O/c1-14(2,3)13(19)17(4)12-9-16-18(10-12)11-6-5-7-15-8-11/h5-10H,1-4H3. The molecule has 0 saturated carbocycles. The van der Waals surface area contributed by atoms with E-state index in [1.54, 1.807) is 35.2 Å². The summed E-state index contributed by atoms with van der Waals surface area (Å²) in [4.78, 5) is 17.9. The van der Waals surface area contributed by atoms with Gasteiger partial charge < -0.3 is 4.90 Å². The number of nitrogens with zero attached hydrogens (tertiary/aromatic N) is 4. The van der Waals surface area contributed by atoms with Gasteiger partial charge in [0.1, 0.15) is 0 Å². The molecule has 0 aliphatic rings. The highest BCUT2D eigenvalue weighted by molar-refractivity contribution is 5.96. The second-order valence-electron chi connectivity index (χ2n) is 5.47. The molecule has 5 heteroatoms. The molecule has 0 N–H and O–H groups in total. The third-order valence-electron chi connectivity index (χ3n) is 2.81. The fourth-order valence-corrected chi connectivity index (χ4v) is 1.74. The molecule has 0 aliphatic carbocycles. The number of carbonyl (C=O) groups excluding carboxylic acids is 1. The molecule has 2 heterocycles. The molecule has 2 rings (SSSR count). The van der Waals surface area contributed by atoms with Crippen molar-refractivity contribution in [2.45, 2.75) is 20.8 Å². The van der Waals surface area contributed by atoms with Crippen LogP contribution in [0.15, 0.2) is 36.9 Å². The SMILES string of the molecule is CN(C(=O)C(C)(C)C)c1cnn(-c2cccnc2)c1. The van der Waals surface area contributed by atoms with Crippen LogP contribution in [-0.4, -0.2) is 27.7 Å². The van der Waals surface area contributed by atoms with Crippen molar-refractivity contribution >= 4 is 11.6 Å². The Labute approximate surface area is 112 Å². The lowest BCUT2D eigenvalue weighted by molar-refractivity contribution is -0.125. The highest BCUT2D eigenvalue weighted by atomic mass is 16.2. The van der Waals surface area contributed by atoms with Gasteiger partial charge in [0.05, 0.1) is 30.0 Å². The highest BCUT2D eigenvalue weighted by Crippen LogP contribution is 2.22. The number of carbonyl (C=O) groups is 1. The van der Waals surface area contributed by atoms with E-state index < -0.39 is 5.41 Å². The molecule has 1 amide bonds. The molecule has 0 spiro atoms. The van der Waals surface area contributed by atoms with Crippen LogP contribution in [0.2, 0.25) is 0 Å².